The van der Waals surface area contributed by atoms with Crippen LogP contribution in [0.15, 0.2) is 41.1 Å². The predicted molar refractivity (Wildman–Crippen MR) is 87.8 cm³/mol. The first-order chi connectivity index (χ1) is 12.1. The van der Waals surface area contributed by atoms with Crippen molar-refractivity contribution in [1.29, 1.82) is 0 Å². The maximum atomic E-state index is 13.2. The SMILES string of the molecule is O=C(NCc1ccon1)C1CCC(=O)N(CCc2cccc(F)c2)C1. The van der Waals surface area contributed by atoms with Gasteiger partial charge in [-0.3, -0.25) is 9.59 Å². The van der Waals surface area contributed by atoms with E-state index in [4.69, 9.17) is 4.52 Å². The Labute approximate surface area is 145 Å². The lowest BCUT2D eigenvalue weighted by atomic mass is 9.96. The van der Waals surface area contributed by atoms with Crippen molar-refractivity contribution in [3.8, 4) is 0 Å². The van der Waals surface area contributed by atoms with Crippen molar-refractivity contribution in [2.45, 2.75) is 25.8 Å². The summed E-state index contributed by atoms with van der Waals surface area (Å²) in [5.74, 6) is -0.576. The number of aromatic nitrogens is 1. The number of rotatable bonds is 6. The molecule has 1 N–H and O–H groups in total. The van der Waals surface area contributed by atoms with E-state index < -0.39 is 0 Å². The Balaban J connectivity index is 1.51. The minimum absolute atomic E-state index is 0.0388. The van der Waals surface area contributed by atoms with Crippen molar-refractivity contribution in [3.05, 3.63) is 53.7 Å². The molecule has 0 spiro atoms. The number of carbonyl (C=O) groups is 2. The molecule has 1 unspecified atom stereocenters. The summed E-state index contributed by atoms with van der Waals surface area (Å²) in [6.07, 6.45) is 2.91. The van der Waals surface area contributed by atoms with Gasteiger partial charge in [0.1, 0.15) is 17.8 Å². The van der Waals surface area contributed by atoms with Gasteiger partial charge < -0.3 is 14.7 Å². The highest BCUT2D eigenvalue weighted by molar-refractivity contribution is 5.83. The van der Waals surface area contributed by atoms with E-state index in [1.807, 2.05) is 6.07 Å². The van der Waals surface area contributed by atoms with E-state index >= 15 is 0 Å². The fourth-order valence-electron chi connectivity index (χ4n) is 2.95. The Hall–Kier alpha value is -2.70. The van der Waals surface area contributed by atoms with Gasteiger partial charge in [0.15, 0.2) is 0 Å². The highest BCUT2D eigenvalue weighted by Gasteiger charge is 2.29. The van der Waals surface area contributed by atoms with E-state index in [9.17, 15) is 14.0 Å². The zero-order valence-electron chi connectivity index (χ0n) is 13.8. The van der Waals surface area contributed by atoms with Gasteiger partial charge in [-0.1, -0.05) is 17.3 Å². The molecule has 1 aromatic carbocycles. The Morgan fingerprint density at radius 3 is 3.04 bits per heavy atom. The minimum Gasteiger partial charge on any atom is -0.364 e. The van der Waals surface area contributed by atoms with Crippen LogP contribution >= 0.6 is 0 Å². The summed E-state index contributed by atoms with van der Waals surface area (Å²) in [5, 5.41) is 6.57. The second-order valence-electron chi connectivity index (χ2n) is 6.16. The fraction of sp³-hybridized carbons (Fsp3) is 0.389. The molecular formula is C18H20FN3O3. The third kappa shape index (κ3) is 4.65. The Bertz CT molecular complexity index is 733. The van der Waals surface area contributed by atoms with Crippen LogP contribution in [0.3, 0.4) is 0 Å². The number of halogens is 1. The maximum Gasteiger partial charge on any atom is 0.225 e. The fourth-order valence-corrected chi connectivity index (χ4v) is 2.95. The molecule has 132 valence electrons. The van der Waals surface area contributed by atoms with Crippen LogP contribution in [0.5, 0.6) is 0 Å². The maximum absolute atomic E-state index is 13.2. The molecule has 0 radical (unpaired) electrons. The summed E-state index contributed by atoms with van der Waals surface area (Å²) in [6, 6.07) is 8.04. The molecule has 3 rings (SSSR count). The van der Waals surface area contributed by atoms with Gasteiger partial charge in [0, 0.05) is 25.6 Å². The lowest BCUT2D eigenvalue weighted by Gasteiger charge is -2.32. The molecule has 2 amide bonds. The normalized spacial score (nSPS) is 17.6. The molecule has 1 saturated heterocycles. The molecule has 0 bridgehead atoms. The minimum atomic E-state index is -0.285. The number of piperidine rings is 1. The average molecular weight is 345 g/mol. The van der Waals surface area contributed by atoms with E-state index in [-0.39, 0.29) is 23.5 Å². The largest absolute Gasteiger partial charge is 0.364 e. The van der Waals surface area contributed by atoms with Gasteiger partial charge in [-0.25, -0.2) is 4.39 Å². The van der Waals surface area contributed by atoms with E-state index in [0.29, 0.717) is 44.6 Å². The molecule has 6 nitrogen and oxygen atoms in total. The van der Waals surface area contributed by atoms with Crippen LogP contribution in [-0.4, -0.2) is 35.0 Å². The quantitative estimate of drug-likeness (QED) is 0.868. The standard InChI is InChI=1S/C18H20FN3O3/c19-15-3-1-2-13(10-15)6-8-22-12-14(4-5-17(22)23)18(24)20-11-16-7-9-25-21-16/h1-3,7,9-10,14H,4-6,8,11-12H2,(H,20,24). The summed E-state index contributed by atoms with van der Waals surface area (Å²) in [7, 11) is 0. The number of nitrogens with one attached hydrogen (secondary N) is 1. The van der Waals surface area contributed by atoms with Crippen LogP contribution in [0, 0.1) is 11.7 Å². The van der Waals surface area contributed by atoms with Crippen molar-refractivity contribution >= 4 is 11.8 Å². The van der Waals surface area contributed by atoms with Crippen LogP contribution in [0.25, 0.3) is 0 Å². The van der Waals surface area contributed by atoms with Crippen LogP contribution in [0.4, 0.5) is 4.39 Å². The molecule has 1 fully saturated rings. The van der Waals surface area contributed by atoms with Gasteiger partial charge in [0.25, 0.3) is 0 Å². The number of amides is 2. The van der Waals surface area contributed by atoms with E-state index in [2.05, 4.69) is 10.5 Å². The average Bonchev–Trinajstić information content (AvgIpc) is 3.12. The van der Waals surface area contributed by atoms with E-state index in [1.54, 1.807) is 17.0 Å². The molecule has 2 heterocycles. The van der Waals surface area contributed by atoms with E-state index in [1.165, 1.54) is 18.4 Å². The van der Waals surface area contributed by atoms with Crippen molar-refractivity contribution in [2.75, 3.05) is 13.1 Å². The van der Waals surface area contributed by atoms with Gasteiger partial charge in [-0.2, -0.15) is 0 Å². The Morgan fingerprint density at radius 1 is 1.40 bits per heavy atom. The highest BCUT2D eigenvalue weighted by atomic mass is 19.1. The second kappa shape index (κ2) is 7.92. The van der Waals surface area contributed by atoms with Gasteiger partial charge in [-0.15, -0.1) is 0 Å². The summed E-state index contributed by atoms with van der Waals surface area (Å²) in [6.45, 7) is 1.18. The van der Waals surface area contributed by atoms with Crippen LogP contribution in [-0.2, 0) is 22.6 Å². The molecule has 1 aromatic heterocycles. The van der Waals surface area contributed by atoms with Gasteiger partial charge in [0.2, 0.25) is 11.8 Å². The van der Waals surface area contributed by atoms with Crippen molar-refractivity contribution in [1.82, 2.24) is 15.4 Å². The van der Waals surface area contributed by atoms with Gasteiger partial charge >= 0.3 is 0 Å². The third-order valence-electron chi connectivity index (χ3n) is 4.37. The zero-order chi connectivity index (χ0) is 17.6. The lowest BCUT2D eigenvalue weighted by molar-refractivity contribution is -0.138. The first kappa shape index (κ1) is 17.1. The topological polar surface area (TPSA) is 75.4 Å². The van der Waals surface area contributed by atoms with Crippen molar-refractivity contribution in [3.63, 3.8) is 0 Å². The third-order valence-corrected chi connectivity index (χ3v) is 4.37. The van der Waals surface area contributed by atoms with Crippen molar-refractivity contribution in [2.24, 2.45) is 5.92 Å². The zero-order valence-corrected chi connectivity index (χ0v) is 13.8. The lowest BCUT2D eigenvalue weighted by Crippen LogP contribution is -2.46. The molecule has 1 aliphatic heterocycles. The first-order valence-electron chi connectivity index (χ1n) is 8.31. The number of benzene rings is 1. The number of hydrogen-bond acceptors (Lipinski definition) is 4. The smallest absolute Gasteiger partial charge is 0.225 e. The number of likely N-dealkylation sites (tertiary alicyclic amines) is 1. The molecule has 0 aliphatic carbocycles. The molecule has 2 aromatic rings. The summed E-state index contributed by atoms with van der Waals surface area (Å²) < 4.78 is 18.0. The molecule has 7 heteroatoms. The van der Waals surface area contributed by atoms with Crippen LogP contribution in [0.2, 0.25) is 0 Å². The summed E-state index contributed by atoms with van der Waals surface area (Å²) in [4.78, 5) is 26.1. The highest BCUT2D eigenvalue weighted by Crippen LogP contribution is 2.18. The number of carbonyl (C=O) groups excluding carboxylic acids is 2. The van der Waals surface area contributed by atoms with E-state index in [0.717, 1.165) is 5.56 Å². The predicted octanol–water partition coefficient (Wildman–Crippen LogP) is 1.91. The monoisotopic (exact) mass is 345 g/mol. The summed E-state index contributed by atoms with van der Waals surface area (Å²) >= 11 is 0. The van der Waals surface area contributed by atoms with Crippen molar-refractivity contribution < 1.29 is 18.5 Å². The molecule has 0 saturated carbocycles. The molecule has 1 atom stereocenters. The Morgan fingerprint density at radius 2 is 2.28 bits per heavy atom. The van der Waals surface area contributed by atoms with Crippen LogP contribution < -0.4 is 5.32 Å². The molecule has 25 heavy (non-hydrogen) atoms. The Kier molecular flexibility index (Phi) is 5.42. The molecular weight excluding hydrogens is 325 g/mol. The number of nitrogens with zero attached hydrogens (tertiary/aromatic N) is 2. The molecule has 1 aliphatic rings. The van der Waals surface area contributed by atoms with Gasteiger partial charge in [0.05, 0.1) is 12.5 Å². The van der Waals surface area contributed by atoms with Crippen LogP contribution in [0.1, 0.15) is 24.1 Å². The number of hydrogen-bond donors (Lipinski definition) is 1. The first-order valence-corrected chi connectivity index (χ1v) is 8.31. The second-order valence-corrected chi connectivity index (χ2v) is 6.16. The summed E-state index contributed by atoms with van der Waals surface area (Å²) in [5.41, 5.74) is 1.49. The van der Waals surface area contributed by atoms with Gasteiger partial charge in [-0.05, 0) is 30.5 Å².